The van der Waals surface area contributed by atoms with Crippen LogP contribution in [0, 0.1) is 18.6 Å². The lowest BCUT2D eigenvalue weighted by Gasteiger charge is -2.12. The highest BCUT2D eigenvalue weighted by Crippen LogP contribution is 2.21. The van der Waals surface area contributed by atoms with Gasteiger partial charge in [0, 0.05) is 6.42 Å². The second-order valence-corrected chi connectivity index (χ2v) is 4.37. The van der Waals surface area contributed by atoms with Gasteiger partial charge in [0.25, 0.3) is 0 Å². The Kier molecular flexibility index (Phi) is 3.72. The first-order valence-corrected chi connectivity index (χ1v) is 5.75. The Balaban J connectivity index is 2.18. The van der Waals surface area contributed by atoms with Crippen molar-refractivity contribution in [3.05, 3.63) is 70.8 Å². The molecule has 2 aromatic carbocycles. The van der Waals surface area contributed by atoms with Crippen LogP contribution in [0.4, 0.5) is 8.78 Å². The summed E-state index contributed by atoms with van der Waals surface area (Å²) in [6.07, 6.45) is -0.652. The topological polar surface area (TPSA) is 20.2 Å². The molecule has 0 spiro atoms. The van der Waals surface area contributed by atoms with Crippen LogP contribution in [0.15, 0.2) is 42.5 Å². The molecule has 2 aromatic rings. The maximum Gasteiger partial charge on any atom is 0.126 e. The minimum atomic E-state index is -0.832. The first-order chi connectivity index (χ1) is 8.56. The molecule has 2 rings (SSSR count). The van der Waals surface area contributed by atoms with Crippen molar-refractivity contribution in [2.75, 3.05) is 0 Å². The van der Waals surface area contributed by atoms with Crippen LogP contribution >= 0.6 is 0 Å². The van der Waals surface area contributed by atoms with Crippen LogP contribution in [0.1, 0.15) is 22.8 Å². The van der Waals surface area contributed by atoms with Gasteiger partial charge < -0.3 is 5.11 Å². The number of halogens is 2. The van der Waals surface area contributed by atoms with E-state index in [9.17, 15) is 13.9 Å². The van der Waals surface area contributed by atoms with Gasteiger partial charge >= 0.3 is 0 Å². The number of benzene rings is 2. The van der Waals surface area contributed by atoms with Crippen molar-refractivity contribution >= 4 is 0 Å². The molecule has 0 aliphatic heterocycles. The van der Waals surface area contributed by atoms with E-state index in [1.165, 1.54) is 30.3 Å². The summed E-state index contributed by atoms with van der Waals surface area (Å²) in [4.78, 5) is 0. The van der Waals surface area contributed by atoms with E-state index in [0.29, 0.717) is 11.1 Å². The number of hydrogen-bond donors (Lipinski definition) is 1. The van der Waals surface area contributed by atoms with Crippen molar-refractivity contribution in [1.29, 1.82) is 0 Å². The predicted molar refractivity (Wildman–Crippen MR) is 66.2 cm³/mol. The van der Waals surface area contributed by atoms with Gasteiger partial charge in [0.05, 0.1) is 6.10 Å². The summed E-state index contributed by atoms with van der Waals surface area (Å²) < 4.78 is 26.3. The Morgan fingerprint density at radius 2 is 1.72 bits per heavy atom. The van der Waals surface area contributed by atoms with Crippen molar-refractivity contribution in [1.82, 2.24) is 0 Å². The summed E-state index contributed by atoms with van der Waals surface area (Å²) >= 11 is 0. The second kappa shape index (κ2) is 5.27. The first-order valence-electron chi connectivity index (χ1n) is 5.75. The Hall–Kier alpha value is -1.74. The summed E-state index contributed by atoms with van der Waals surface area (Å²) in [6, 6.07) is 10.4. The molecule has 0 saturated heterocycles. The summed E-state index contributed by atoms with van der Waals surface area (Å²) in [6.45, 7) is 1.87. The average Bonchev–Trinajstić information content (AvgIpc) is 2.34. The maximum absolute atomic E-state index is 13.5. The monoisotopic (exact) mass is 248 g/mol. The Labute approximate surface area is 105 Å². The fraction of sp³-hybridized carbons (Fsp3) is 0.200. The largest absolute Gasteiger partial charge is 0.388 e. The standard InChI is InChI=1S/C15H14F2O/c1-10-2-7-14(17)12(8-10)9-15(18)11-3-5-13(16)6-4-11/h2-8,15,18H,9H2,1H3. The number of aliphatic hydroxyl groups excluding tert-OH is 1. The van der Waals surface area contributed by atoms with E-state index in [0.717, 1.165) is 5.56 Å². The zero-order valence-corrected chi connectivity index (χ0v) is 10.0. The smallest absolute Gasteiger partial charge is 0.126 e. The number of aryl methyl sites for hydroxylation is 1. The van der Waals surface area contributed by atoms with Crippen LogP contribution in [0.25, 0.3) is 0 Å². The fourth-order valence-corrected chi connectivity index (χ4v) is 1.87. The third-order valence-corrected chi connectivity index (χ3v) is 2.87. The van der Waals surface area contributed by atoms with Gasteiger partial charge in [0.1, 0.15) is 11.6 Å². The molecular weight excluding hydrogens is 234 g/mol. The lowest BCUT2D eigenvalue weighted by Crippen LogP contribution is -2.04. The van der Waals surface area contributed by atoms with Crippen molar-refractivity contribution < 1.29 is 13.9 Å². The molecule has 0 aliphatic carbocycles. The first kappa shape index (κ1) is 12.7. The molecule has 1 N–H and O–H groups in total. The number of hydrogen-bond acceptors (Lipinski definition) is 1. The molecule has 0 radical (unpaired) electrons. The predicted octanol–water partition coefficient (Wildman–Crippen LogP) is 3.55. The van der Waals surface area contributed by atoms with Gasteiger partial charge in [-0.3, -0.25) is 0 Å². The molecule has 0 aliphatic rings. The molecule has 0 aromatic heterocycles. The van der Waals surface area contributed by atoms with Crippen LogP contribution < -0.4 is 0 Å². The third-order valence-electron chi connectivity index (χ3n) is 2.87. The highest BCUT2D eigenvalue weighted by Gasteiger charge is 2.11. The fourth-order valence-electron chi connectivity index (χ4n) is 1.87. The summed E-state index contributed by atoms with van der Waals surface area (Å²) in [5.41, 5.74) is 1.99. The van der Waals surface area contributed by atoms with E-state index in [2.05, 4.69) is 0 Å². The lowest BCUT2D eigenvalue weighted by molar-refractivity contribution is 0.177. The quantitative estimate of drug-likeness (QED) is 0.880. The Morgan fingerprint density at radius 1 is 1.06 bits per heavy atom. The van der Waals surface area contributed by atoms with Crippen molar-refractivity contribution in [2.45, 2.75) is 19.4 Å². The van der Waals surface area contributed by atoms with E-state index in [4.69, 9.17) is 0 Å². The van der Waals surface area contributed by atoms with E-state index in [-0.39, 0.29) is 18.1 Å². The van der Waals surface area contributed by atoms with Crippen molar-refractivity contribution in [2.24, 2.45) is 0 Å². The van der Waals surface area contributed by atoms with Gasteiger partial charge in [-0.1, -0.05) is 29.8 Å². The number of rotatable bonds is 3. The van der Waals surface area contributed by atoms with Gasteiger partial charge in [-0.2, -0.15) is 0 Å². The molecule has 0 fully saturated rings. The zero-order chi connectivity index (χ0) is 13.1. The molecule has 1 unspecified atom stereocenters. The molecule has 94 valence electrons. The van der Waals surface area contributed by atoms with E-state index >= 15 is 0 Å². The average molecular weight is 248 g/mol. The van der Waals surface area contributed by atoms with E-state index in [1.54, 1.807) is 12.1 Å². The second-order valence-electron chi connectivity index (χ2n) is 4.37. The van der Waals surface area contributed by atoms with Crippen LogP contribution in [0.5, 0.6) is 0 Å². The molecule has 0 heterocycles. The number of aliphatic hydroxyl groups is 1. The SMILES string of the molecule is Cc1ccc(F)c(CC(O)c2ccc(F)cc2)c1. The van der Waals surface area contributed by atoms with Gasteiger partial charge in [-0.05, 0) is 36.2 Å². The highest BCUT2D eigenvalue weighted by atomic mass is 19.1. The molecule has 18 heavy (non-hydrogen) atoms. The van der Waals surface area contributed by atoms with Gasteiger partial charge in [-0.15, -0.1) is 0 Å². The zero-order valence-electron chi connectivity index (χ0n) is 10.0. The summed E-state index contributed by atoms with van der Waals surface area (Å²) in [7, 11) is 0. The Bertz CT molecular complexity index is 535. The highest BCUT2D eigenvalue weighted by molar-refractivity contribution is 5.27. The normalized spacial score (nSPS) is 12.4. The summed E-state index contributed by atoms with van der Waals surface area (Å²) in [5.74, 6) is -0.686. The molecule has 0 amide bonds. The van der Waals surface area contributed by atoms with Crippen LogP contribution in [0.2, 0.25) is 0 Å². The van der Waals surface area contributed by atoms with Crippen molar-refractivity contribution in [3.8, 4) is 0 Å². The van der Waals surface area contributed by atoms with Crippen molar-refractivity contribution in [3.63, 3.8) is 0 Å². The minimum Gasteiger partial charge on any atom is -0.388 e. The van der Waals surface area contributed by atoms with Gasteiger partial charge in [-0.25, -0.2) is 8.78 Å². The van der Waals surface area contributed by atoms with Crippen LogP contribution in [-0.2, 0) is 6.42 Å². The van der Waals surface area contributed by atoms with E-state index in [1.807, 2.05) is 6.92 Å². The van der Waals surface area contributed by atoms with Crippen LogP contribution in [-0.4, -0.2) is 5.11 Å². The molecule has 0 saturated carbocycles. The van der Waals surface area contributed by atoms with Gasteiger partial charge in [0.2, 0.25) is 0 Å². The van der Waals surface area contributed by atoms with Gasteiger partial charge in [0.15, 0.2) is 0 Å². The molecule has 1 nitrogen and oxygen atoms in total. The molecule has 3 heteroatoms. The molecule has 0 bridgehead atoms. The third kappa shape index (κ3) is 2.93. The van der Waals surface area contributed by atoms with Crippen LogP contribution in [0.3, 0.4) is 0 Å². The van der Waals surface area contributed by atoms with E-state index < -0.39 is 6.10 Å². The lowest BCUT2D eigenvalue weighted by atomic mass is 10.00. The molecule has 1 atom stereocenters. The molecular formula is C15H14F2O. The minimum absolute atomic E-state index is 0.180. The maximum atomic E-state index is 13.5. The Morgan fingerprint density at radius 3 is 2.39 bits per heavy atom. The summed E-state index contributed by atoms with van der Waals surface area (Å²) in [5, 5.41) is 9.99.